The molecule has 1 atom stereocenters. The first-order valence-electron chi connectivity index (χ1n) is 3.91. The van der Waals surface area contributed by atoms with Crippen LogP contribution in [0.5, 0.6) is 0 Å². The van der Waals surface area contributed by atoms with Gasteiger partial charge in [0.05, 0.1) is 0 Å². The van der Waals surface area contributed by atoms with Gasteiger partial charge in [-0.2, -0.15) is 0 Å². The van der Waals surface area contributed by atoms with E-state index in [9.17, 15) is 4.79 Å². The number of carbonyl (C=O) groups excluding carboxylic acids is 1. The summed E-state index contributed by atoms with van der Waals surface area (Å²) in [7, 11) is 0. The quantitative estimate of drug-likeness (QED) is 0.545. The van der Waals surface area contributed by atoms with Crippen LogP contribution in [0.15, 0.2) is 12.7 Å². The number of hydrogen-bond donors (Lipinski definition) is 1. The molecule has 0 aromatic rings. The van der Waals surface area contributed by atoms with Crippen molar-refractivity contribution < 1.29 is 4.79 Å². The van der Waals surface area contributed by atoms with E-state index in [0.717, 1.165) is 19.4 Å². The predicted molar refractivity (Wildman–Crippen MR) is 44.0 cm³/mol. The summed E-state index contributed by atoms with van der Waals surface area (Å²) >= 11 is 0. The van der Waals surface area contributed by atoms with Gasteiger partial charge in [-0.15, -0.1) is 0 Å². The molecule has 2 N–H and O–H groups in total. The Bertz CT molecular complexity index is 167. The SMILES string of the molecule is C=CC(=O)N1CCC[C@@H](N)C1. The smallest absolute Gasteiger partial charge is 0.246 e. The Morgan fingerprint density at radius 3 is 3.00 bits per heavy atom. The van der Waals surface area contributed by atoms with Gasteiger partial charge >= 0.3 is 0 Å². The summed E-state index contributed by atoms with van der Waals surface area (Å²) in [4.78, 5) is 12.8. The van der Waals surface area contributed by atoms with E-state index >= 15 is 0 Å². The molecule has 0 saturated carbocycles. The van der Waals surface area contributed by atoms with Gasteiger partial charge in [0.15, 0.2) is 0 Å². The Labute approximate surface area is 66.9 Å². The normalized spacial score (nSPS) is 24.8. The summed E-state index contributed by atoms with van der Waals surface area (Å²) in [6.07, 6.45) is 3.39. The van der Waals surface area contributed by atoms with Crippen molar-refractivity contribution in [2.75, 3.05) is 13.1 Å². The van der Waals surface area contributed by atoms with Crippen LogP contribution in [0.3, 0.4) is 0 Å². The van der Waals surface area contributed by atoms with Crippen molar-refractivity contribution in [3.05, 3.63) is 12.7 Å². The molecule has 1 amide bonds. The van der Waals surface area contributed by atoms with E-state index < -0.39 is 0 Å². The maximum absolute atomic E-state index is 11.1. The van der Waals surface area contributed by atoms with Gasteiger partial charge in [-0.25, -0.2) is 0 Å². The number of hydrogen-bond acceptors (Lipinski definition) is 2. The Morgan fingerprint density at radius 2 is 2.45 bits per heavy atom. The maximum atomic E-state index is 11.1. The molecule has 1 aliphatic heterocycles. The minimum atomic E-state index is 0.000139. The van der Waals surface area contributed by atoms with E-state index in [1.54, 1.807) is 4.90 Å². The first-order chi connectivity index (χ1) is 5.24. The molecule has 62 valence electrons. The lowest BCUT2D eigenvalue weighted by molar-refractivity contribution is -0.127. The van der Waals surface area contributed by atoms with Crippen molar-refractivity contribution in [3.63, 3.8) is 0 Å². The zero-order valence-corrected chi connectivity index (χ0v) is 6.62. The molecule has 3 heteroatoms. The molecule has 3 nitrogen and oxygen atoms in total. The van der Waals surface area contributed by atoms with Crippen LogP contribution < -0.4 is 5.73 Å². The molecule has 0 aliphatic carbocycles. The molecular weight excluding hydrogens is 140 g/mol. The fourth-order valence-corrected chi connectivity index (χ4v) is 1.34. The third-order valence-electron chi connectivity index (χ3n) is 1.94. The van der Waals surface area contributed by atoms with Gasteiger partial charge in [0.25, 0.3) is 0 Å². The Kier molecular flexibility index (Phi) is 2.65. The number of nitrogens with two attached hydrogens (primary N) is 1. The number of rotatable bonds is 1. The Hall–Kier alpha value is -0.830. The van der Waals surface area contributed by atoms with E-state index in [0.29, 0.717) is 6.54 Å². The largest absolute Gasteiger partial charge is 0.338 e. The topological polar surface area (TPSA) is 46.3 Å². The van der Waals surface area contributed by atoms with Crippen molar-refractivity contribution in [2.45, 2.75) is 18.9 Å². The molecule has 11 heavy (non-hydrogen) atoms. The summed E-state index contributed by atoms with van der Waals surface area (Å²) in [6.45, 7) is 4.95. The minimum absolute atomic E-state index is 0.000139. The monoisotopic (exact) mass is 154 g/mol. The summed E-state index contributed by atoms with van der Waals surface area (Å²) in [5.74, 6) is 0.000139. The van der Waals surface area contributed by atoms with Crippen LogP contribution in [0, 0.1) is 0 Å². The van der Waals surface area contributed by atoms with Crippen molar-refractivity contribution in [2.24, 2.45) is 5.73 Å². The van der Waals surface area contributed by atoms with Gasteiger partial charge in [-0.1, -0.05) is 6.58 Å². The highest BCUT2D eigenvalue weighted by molar-refractivity contribution is 5.87. The van der Waals surface area contributed by atoms with Crippen molar-refractivity contribution in [1.82, 2.24) is 4.90 Å². The van der Waals surface area contributed by atoms with E-state index in [-0.39, 0.29) is 11.9 Å². The molecule has 1 fully saturated rings. The summed E-state index contributed by atoms with van der Waals surface area (Å²) in [5, 5.41) is 0. The highest BCUT2D eigenvalue weighted by Crippen LogP contribution is 2.07. The first kappa shape index (κ1) is 8.27. The number of piperidine rings is 1. The fraction of sp³-hybridized carbons (Fsp3) is 0.625. The van der Waals surface area contributed by atoms with Gasteiger partial charge < -0.3 is 10.6 Å². The lowest BCUT2D eigenvalue weighted by Crippen LogP contribution is -2.45. The number of carbonyl (C=O) groups is 1. The average molecular weight is 154 g/mol. The highest BCUT2D eigenvalue weighted by Gasteiger charge is 2.18. The molecule has 0 bridgehead atoms. The molecule has 1 heterocycles. The van der Waals surface area contributed by atoms with Crippen molar-refractivity contribution >= 4 is 5.91 Å². The van der Waals surface area contributed by atoms with Gasteiger partial charge in [0.1, 0.15) is 0 Å². The predicted octanol–water partition coefficient (Wildman–Crippen LogP) is 0.122. The maximum Gasteiger partial charge on any atom is 0.246 e. The number of likely N-dealkylation sites (tertiary alicyclic amines) is 1. The second-order valence-electron chi connectivity index (χ2n) is 2.89. The molecule has 1 aliphatic rings. The summed E-state index contributed by atoms with van der Waals surface area (Å²) in [5.41, 5.74) is 5.69. The number of nitrogens with zero attached hydrogens (tertiary/aromatic N) is 1. The van der Waals surface area contributed by atoms with E-state index in [1.807, 2.05) is 0 Å². The molecular formula is C8H14N2O. The van der Waals surface area contributed by atoms with Crippen LogP contribution in [-0.4, -0.2) is 29.9 Å². The average Bonchev–Trinajstić information content (AvgIpc) is 2.03. The molecule has 0 aromatic carbocycles. The first-order valence-corrected chi connectivity index (χ1v) is 3.91. The third-order valence-corrected chi connectivity index (χ3v) is 1.94. The minimum Gasteiger partial charge on any atom is -0.338 e. The second-order valence-corrected chi connectivity index (χ2v) is 2.89. The summed E-state index contributed by atoms with van der Waals surface area (Å²) < 4.78 is 0. The Balaban J connectivity index is 2.45. The zero-order chi connectivity index (χ0) is 8.27. The van der Waals surface area contributed by atoms with E-state index in [4.69, 9.17) is 5.73 Å². The summed E-state index contributed by atoms with van der Waals surface area (Å²) in [6, 6.07) is 0.160. The van der Waals surface area contributed by atoms with Crippen LogP contribution in [-0.2, 0) is 4.79 Å². The van der Waals surface area contributed by atoms with Crippen molar-refractivity contribution in [1.29, 1.82) is 0 Å². The molecule has 0 unspecified atom stereocenters. The van der Waals surface area contributed by atoms with E-state index in [2.05, 4.69) is 6.58 Å². The highest BCUT2D eigenvalue weighted by atomic mass is 16.2. The lowest BCUT2D eigenvalue weighted by Gasteiger charge is -2.29. The Morgan fingerprint density at radius 1 is 1.73 bits per heavy atom. The van der Waals surface area contributed by atoms with Crippen LogP contribution in [0.25, 0.3) is 0 Å². The number of amides is 1. The van der Waals surface area contributed by atoms with Crippen molar-refractivity contribution in [3.8, 4) is 0 Å². The van der Waals surface area contributed by atoms with Crippen LogP contribution >= 0.6 is 0 Å². The van der Waals surface area contributed by atoms with Gasteiger partial charge in [-0.05, 0) is 18.9 Å². The second kappa shape index (κ2) is 3.53. The lowest BCUT2D eigenvalue weighted by atomic mass is 10.1. The molecule has 1 saturated heterocycles. The van der Waals surface area contributed by atoms with Crippen LogP contribution in [0.4, 0.5) is 0 Å². The molecule has 0 spiro atoms. The molecule has 1 rings (SSSR count). The van der Waals surface area contributed by atoms with E-state index in [1.165, 1.54) is 6.08 Å². The molecule has 0 radical (unpaired) electrons. The van der Waals surface area contributed by atoms with Gasteiger partial charge in [-0.3, -0.25) is 4.79 Å². The van der Waals surface area contributed by atoms with Crippen LogP contribution in [0.1, 0.15) is 12.8 Å². The zero-order valence-electron chi connectivity index (χ0n) is 6.62. The third kappa shape index (κ3) is 2.05. The fourth-order valence-electron chi connectivity index (χ4n) is 1.34. The van der Waals surface area contributed by atoms with Gasteiger partial charge in [0, 0.05) is 19.1 Å². The molecule has 0 aromatic heterocycles. The van der Waals surface area contributed by atoms with Crippen LogP contribution in [0.2, 0.25) is 0 Å². The standard InChI is InChI=1S/C8H14N2O/c1-2-8(11)10-5-3-4-7(9)6-10/h2,7H,1,3-6,9H2/t7-/m1/s1. The van der Waals surface area contributed by atoms with Gasteiger partial charge in [0.2, 0.25) is 5.91 Å².